The van der Waals surface area contributed by atoms with Crippen molar-refractivity contribution in [1.82, 2.24) is 15.3 Å². The largest absolute Gasteiger partial charge is 0.444 e. The fourth-order valence-electron chi connectivity index (χ4n) is 6.87. The number of alkyl carbamates (subject to hydrolysis) is 1. The average Bonchev–Trinajstić information content (AvgIpc) is 2.84. The minimum Gasteiger partial charge on any atom is -0.444 e. The molecule has 4 saturated carbocycles. The number of ether oxygens (including phenoxy) is 1. The van der Waals surface area contributed by atoms with E-state index in [1.165, 1.54) is 12.3 Å². The van der Waals surface area contributed by atoms with E-state index in [-0.39, 0.29) is 24.1 Å². The van der Waals surface area contributed by atoms with Gasteiger partial charge in [-0.2, -0.15) is 10.2 Å². The first-order chi connectivity index (χ1) is 18.0. The van der Waals surface area contributed by atoms with E-state index in [2.05, 4.69) is 32.0 Å². The summed E-state index contributed by atoms with van der Waals surface area (Å²) < 4.78 is 32.2. The molecule has 5 atom stereocenters. The van der Waals surface area contributed by atoms with Crippen LogP contribution in [0.1, 0.15) is 64.0 Å². The van der Waals surface area contributed by atoms with Crippen molar-refractivity contribution in [2.45, 2.75) is 71.1 Å². The summed E-state index contributed by atoms with van der Waals surface area (Å²) in [6.45, 7) is 6.51. The number of amides is 1. The van der Waals surface area contributed by atoms with Gasteiger partial charge in [-0.25, -0.2) is 18.6 Å². The topological polar surface area (TPSA) is 112 Å². The summed E-state index contributed by atoms with van der Waals surface area (Å²) in [7, 11) is 0. The van der Waals surface area contributed by atoms with Gasteiger partial charge in [-0.05, 0) is 93.7 Å². The van der Waals surface area contributed by atoms with Crippen LogP contribution in [-0.2, 0) is 11.3 Å². The number of hydrogen-bond donors (Lipinski definition) is 3. The van der Waals surface area contributed by atoms with E-state index in [9.17, 15) is 18.8 Å². The number of halogens is 2. The number of carbonyl (C=O) groups is 1. The second kappa shape index (κ2) is 10.0. The van der Waals surface area contributed by atoms with Crippen LogP contribution < -0.4 is 16.0 Å². The average molecular weight is 525 g/mol. The molecular formula is C28H34F2N6O2. The maximum Gasteiger partial charge on any atom is 0.407 e. The van der Waals surface area contributed by atoms with Crippen molar-refractivity contribution in [3.05, 3.63) is 47.2 Å². The maximum atomic E-state index is 13.5. The number of nitrogens with one attached hydrogen (secondary N) is 3. The zero-order chi connectivity index (χ0) is 27.1. The third-order valence-electron chi connectivity index (χ3n) is 8.06. The van der Waals surface area contributed by atoms with Gasteiger partial charge in [-0.15, -0.1) is 0 Å². The monoisotopic (exact) mass is 524 g/mol. The zero-order valence-electron chi connectivity index (χ0n) is 22.0. The van der Waals surface area contributed by atoms with Crippen molar-refractivity contribution in [2.24, 2.45) is 23.2 Å². The lowest BCUT2D eigenvalue weighted by Gasteiger charge is -2.60. The van der Waals surface area contributed by atoms with Crippen LogP contribution in [0.15, 0.2) is 24.4 Å². The first kappa shape index (κ1) is 26.1. The van der Waals surface area contributed by atoms with Gasteiger partial charge in [0, 0.05) is 19.1 Å². The number of aromatic nitrogens is 2. The van der Waals surface area contributed by atoms with E-state index in [1.54, 1.807) is 0 Å². The van der Waals surface area contributed by atoms with Gasteiger partial charge in [0.05, 0.1) is 6.20 Å². The number of hydrogen-bond acceptors (Lipinski definition) is 7. The lowest BCUT2D eigenvalue weighted by Crippen LogP contribution is -2.60. The second-order valence-corrected chi connectivity index (χ2v) is 12.2. The predicted molar refractivity (Wildman–Crippen MR) is 138 cm³/mol. The Kier molecular flexibility index (Phi) is 6.88. The molecule has 4 aliphatic carbocycles. The molecule has 0 saturated heterocycles. The molecule has 38 heavy (non-hydrogen) atoms. The van der Waals surface area contributed by atoms with Crippen molar-refractivity contribution in [1.29, 1.82) is 5.26 Å². The molecule has 1 amide bonds. The van der Waals surface area contributed by atoms with Gasteiger partial charge < -0.3 is 20.7 Å². The van der Waals surface area contributed by atoms with Gasteiger partial charge in [0.25, 0.3) is 0 Å². The summed E-state index contributed by atoms with van der Waals surface area (Å²) in [5, 5.41) is 19.2. The van der Waals surface area contributed by atoms with E-state index in [4.69, 9.17) is 4.74 Å². The molecule has 10 heteroatoms. The fourth-order valence-corrected chi connectivity index (χ4v) is 6.87. The summed E-state index contributed by atoms with van der Waals surface area (Å²) in [5.41, 5.74) is 0.451. The third-order valence-corrected chi connectivity index (χ3v) is 8.06. The standard InChI is InChI=1S/C28H34F2N6O2/c1-27(2,3)38-26(37)35-23-18-6-17-7-19(23)11-28(9-17,10-18)15-34-24-20(12-31)14-33-25(36-24)32-13-16-4-5-21(29)22(30)8-16/h4-5,8,14,17-19,23H,6-7,9-11,13,15H2,1-3H3,(H,35,37)(H2,32,33,34,36)/t17?,18-,19+,23-,28-. The fraction of sp³-hybridized carbons (Fsp3) is 0.571. The van der Waals surface area contributed by atoms with Gasteiger partial charge in [0.15, 0.2) is 11.6 Å². The molecule has 1 unspecified atom stereocenters. The Bertz CT molecular complexity index is 1240. The minimum absolute atomic E-state index is 0.0829. The number of benzene rings is 1. The Balaban J connectivity index is 1.24. The molecule has 1 aromatic heterocycles. The van der Waals surface area contributed by atoms with Gasteiger partial charge in [-0.1, -0.05) is 6.07 Å². The Morgan fingerprint density at radius 2 is 1.89 bits per heavy atom. The number of carbonyl (C=O) groups excluding carboxylic acids is 1. The molecule has 0 radical (unpaired) electrons. The number of anilines is 2. The lowest BCUT2D eigenvalue weighted by atomic mass is 9.48. The zero-order valence-corrected chi connectivity index (χ0v) is 22.0. The van der Waals surface area contributed by atoms with E-state index in [0.717, 1.165) is 44.2 Å². The van der Waals surface area contributed by atoms with E-state index in [0.29, 0.717) is 47.2 Å². The van der Waals surface area contributed by atoms with Crippen LogP contribution >= 0.6 is 0 Å². The highest BCUT2D eigenvalue weighted by Crippen LogP contribution is 2.60. The number of rotatable bonds is 7. The molecule has 4 bridgehead atoms. The second-order valence-electron chi connectivity index (χ2n) is 12.2. The minimum atomic E-state index is -0.911. The molecular weight excluding hydrogens is 490 g/mol. The number of nitriles is 1. The van der Waals surface area contributed by atoms with Gasteiger partial charge in [0.1, 0.15) is 23.1 Å². The molecule has 0 aliphatic heterocycles. The molecule has 202 valence electrons. The summed E-state index contributed by atoms with van der Waals surface area (Å²) in [6.07, 6.45) is 6.49. The van der Waals surface area contributed by atoms with E-state index < -0.39 is 17.2 Å². The maximum absolute atomic E-state index is 13.5. The van der Waals surface area contributed by atoms with Crippen LogP contribution in [-0.4, -0.2) is 34.2 Å². The summed E-state index contributed by atoms with van der Waals surface area (Å²) in [6, 6.07) is 5.98. The molecule has 0 spiro atoms. The Morgan fingerprint density at radius 1 is 1.16 bits per heavy atom. The predicted octanol–water partition coefficient (Wildman–Crippen LogP) is 5.37. The summed E-state index contributed by atoms with van der Waals surface area (Å²) in [5.74, 6) is 0.394. The van der Waals surface area contributed by atoms with Crippen LogP contribution in [0.5, 0.6) is 0 Å². The molecule has 1 heterocycles. The molecule has 3 N–H and O–H groups in total. The molecule has 2 aromatic rings. The van der Waals surface area contributed by atoms with Crippen molar-refractivity contribution in [3.63, 3.8) is 0 Å². The van der Waals surface area contributed by atoms with E-state index >= 15 is 0 Å². The third kappa shape index (κ3) is 5.66. The Hall–Kier alpha value is -3.48. The first-order valence-corrected chi connectivity index (χ1v) is 13.2. The van der Waals surface area contributed by atoms with Gasteiger partial charge in [0.2, 0.25) is 5.95 Å². The molecule has 6 rings (SSSR count). The van der Waals surface area contributed by atoms with Crippen molar-refractivity contribution in [3.8, 4) is 6.07 Å². The molecule has 1 aromatic carbocycles. The molecule has 4 aliphatic rings. The highest BCUT2D eigenvalue weighted by Gasteiger charge is 2.55. The van der Waals surface area contributed by atoms with Crippen LogP contribution in [0, 0.1) is 46.1 Å². The SMILES string of the molecule is CC(C)(C)OC(=O)N[C@@H]1[C@@H]2CC3C[C@H]1C[C@@](CNc1nc(NCc4ccc(F)c(F)c4)ncc1C#N)(C3)C2. The highest BCUT2D eigenvalue weighted by atomic mass is 19.2. The summed E-state index contributed by atoms with van der Waals surface area (Å²) in [4.78, 5) is 21.2. The van der Waals surface area contributed by atoms with Crippen LogP contribution in [0.4, 0.5) is 25.3 Å². The van der Waals surface area contributed by atoms with Gasteiger partial charge >= 0.3 is 6.09 Å². The highest BCUT2D eigenvalue weighted by molar-refractivity contribution is 5.68. The lowest BCUT2D eigenvalue weighted by molar-refractivity contribution is -0.0703. The molecule has 8 nitrogen and oxygen atoms in total. The van der Waals surface area contributed by atoms with Crippen LogP contribution in [0.2, 0.25) is 0 Å². The molecule has 4 fully saturated rings. The van der Waals surface area contributed by atoms with E-state index in [1.807, 2.05) is 20.8 Å². The first-order valence-electron chi connectivity index (χ1n) is 13.2. The van der Waals surface area contributed by atoms with Gasteiger partial charge in [-0.3, -0.25) is 0 Å². The van der Waals surface area contributed by atoms with Crippen molar-refractivity contribution < 1.29 is 18.3 Å². The Labute approximate surface area is 221 Å². The number of nitrogens with zero attached hydrogens (tertiary/aromatic N) is 3. The van der Waals surface area contributed by atoms with Crippen LogP contribution in [0.25, 0.3) is 0 Å². The Morgan fingerprint density at radius 3 is 2.55 bits per heavy atom. The smallest absolute Gasteiger partial charge is 0.407 e. The summed E-state index contributed by atoms with van der Waals surface area (Å²) >= 11 is 0. The van der Waals surface area contributed by atoms with Crippen LogP contribution in [0.3, 0.4) is 0 Å². The normalized spacial score (nSPS) is 27.5. The van der Waals surface area contributed by atoms with Crippen molar-refractivity contribution in [2.75, 3.05) is 17.2 Å². The quantitative estimate of drug-likeness (QED) is 0.446. The van der Waals surface area contributed by atoms with Crippen molar-refractivity contribution >= 4 is 17.9 Å².